The second kappa shape index (κ2) is 15.0. The number of carbonyl (C=O) groups excluding carboxylic acids is 2. The Balaban J connectivity index is 1.57. The number of anilines is 1. The van der Waals surface area contributed by atoms with Crippen molar-refractivity contribution >= 4 is 17.5 Å². The minimum absolute atomic E-state index is 0.0983. The first-order valence-corrected chi connectivity index (χ1v) is 13.1. The molecule has 0 saturated carbocycles. The van der Waals surface area contributed by atoms with Crippen molar-refractivity contribution in [1.82, 2.24) is 4.90 Å². The molecule has 3 rings (SSSR count). The lowest BCUT2D eigenvalue weighted by atomic mass is 9.96. The van der Waals surface area contributed by atoms with Gasteiger partial charge in [0.25, 0.3) is 5.91 Å². The molecule has 218 valence electrons. The van der Waals surface area contributed by atoms with Crippen LogP contribution in [0.25, 0.3) is 0 Å². The van der Waals surface area contributed by atoms with E-state index < -0.39 is 36.6 Å². The Bertz CT molecular complexity index is 1110. The van der Waals surface area contributed by atoms with Crippen LogP contribution in [0.3, 0.4) is 0 Å². The highest BCUT2D eigenvalue weighted by Crippen LogP contribution is 2.28. The van der Waals surface area contributed by atoms with Gasteiger partial charge in [0.15, 0.2) is 12.4 Å². The lowest BCUT2D eigenvalue weighted by Crippen LogP contribution is -2.60. The Labute approximate surface area is 233 Å². The van der Waals surface area contributed by atoms with E-state index in [0.29, 0.717) is 12.2 Å². The number of amides is 2. The molecule has 6 N–H and O–H groups in total. The average Bonchev–Trinajstić information content (AvgIpc) is 2.95. The zero-order chi connectivity index (χ0) is 29.2. The zero-order valence-corrected chi connectivity index (χ0v) is 22.5. The van der Waals surface area contributed by atoms with E-state index in [9.17, 15) is 35.1 Å². The molecule has 1 saturated heterocycles. The van der Waals surface area contributed by atoms with Crippen LogP contribution in [-0.2, 0) is 25.6 Å². The molecular formula is C29H38N2O9. The molecule has 40 heavy (non-hydrogen) atoms. The van der Waals surface area contributed by atoms with Crippen molar-refractivity contribution in [1.29, 1.82) is 0 Å². The first-order chi connectivity index (χ1) is 19.2. The van der Waals surface area contributed by atoms with Gasteiger partial charge in [0.2, 0.25) is 5.91 Å². The maximum absolute atomic E-state index is 12.8. The molecule has 1 aliphatic heterocycles. The number of nitrogens with one attached hydrogen (secondary N) is 1. The molecule has 2 aromatic rings. The molecule has 11 nitrogen and oxygen atoms in total. The van der Waals surface area contributed by atoms with E-state index in [0.717, 1.165) is 11.1 Å². The van der Waals surface area contributed by atoms with E-state index >= 15 is 0 Å². The quantitative estimate of drug-likeness (QED) is 0.206. The monoisotopic (exact) mass is 558 g/mol. The third-order valence-corrected chi connectivity index (χ3v) is 6.76. The molecule has 1 fully saturated rings. The van der Waals surface area contributed by atoms with Crippen molar-refractivity contribution in [3.05, 3.63) is 77.9 Å². The first-order valence-electron chi connectivity index (χ1n) is 13.1. The predicted molar refractivity (Wildman–Crippen MR) is 146 cm³/mol. The summed E-state index contributed by atoms with van der Waals surface area (Å²) in [5.41, 5.74) is 2.18. The lowest BCUT2D eigenvalue weighted by molar-refractivity contribution is -0.274. The molecule has 1 aliphatic rings. The van der Waals surface area contributed by atoms with E-state index in [4.69, 9.17) is 9.47 Å². The summed E-state index contributed by atoms with van der Waals surface area (Å²) in [5, 5.41) is 51.0. The third-order valence-electron chi connectivity index (χ3n) is 6.76. The van der Waals surface area contributed by atoms with Crippen LogP contribution in [0.4, 0.5) is 5.69 Å². The molecule has 7 atom stereocenters. The summed E-state index contributed by atoms with van der Waals surface area (Å²) < 4.78 is 10.6. The summed E-state index contributed by atoms with van der Waals surface area (Å²) in [6.45, 7) is 2.49. The number of aliphatic hydroxyl groups is 5. The smallest absolute Gasteiger partial charge is 0.256 e. The SMILES string of the molecule is CO[C@H](c1ccc(NC(=O)[C@H]2O[C@@H](O)[C@H](O)[C@@H](O)[C@@H]2O)cc1)[C@H](C)/C=C/CC(=O)N(CCO)Cc1ccccc1. The molecule has 2 amide bonds. The fraction of sp³-hybridized carbons (Fsp3) is 0.448. The number of rotatable bonds is 12. The molecular weight excluding hydrogens is 520 g/mol. The van der Waals surface area contributed by atoms with Gasteiger partial charge in [-0.1, -0.05) is 61.5 Å². The van der Waals surface area contributed by atoms with Crippen molar-refractivity contribution in [3.8, 4) is 0 Å². The van der Waals surface area contributed by atoms with Crippen LogP contribution in [0.15, 0.2) is 66.7 Å². The van der Waals surface area contributed by atoms with Crippen LogP contribution >= 0.6 is 0 Å². The van der Waals surface area contributed by atoms with Crippen molar-refractivity contribution in [2.24, 2.45) is 5.92 Å². The van der Waals surface area contributed by atoms with Gasteiger partial charge in [-0.05, 0) is 23.3 Å². The van der Waals surface area contributed by atoms with E-state index in [1.807, 2.05) is 43.3 Å². The van der Waals surface area contributed by atoms with Crippen LogP contribution in [-0.4, -0.2) is 93.2 Å². The Morgan fingerprint density at radius 1 is 1.02 bits per heavy atom. The number of aliphatic hydroxyl groups excluding tert-OH is 5. The highest BCUT2D eigenvalue weighted by Gasteiger charge is 2.46. The molecule has 0 unspecified atom stereocenters. The molecule has 2 aromatic carbocycles. The molecule has 0 aromatic heterocycles. The first kappa shape index (κ1) is 31.4. The normalized spacial score (nSPS) is 24.4. The third kappa shape index (κ3) is 8.18. The van der Waals surface area contributed by atoms with Gasteiger partial charge in [0.05, 0.1) is 12.7 Å². The molecule has 11 heteroatoms. The van der Waals surface area contributed by atoms with Crippen LogP contribution in [0.5, 0.6) is 0 Å². The number of hydrogen-bond donors (Lipinski definition) is 6. The van der Waals surface area contributed by atoms with Gasteiger partial charge in [-0.15, -0.1) is 0 Å². The largest absolute Gasteiger partial charge is 0.395 e. The highest BCUT2D eigenvalue weighted by atomic mass is 16.6. The van der Waals surface area contributed by atoms with Gasteiger partial charge in [0.1, 0.15) is 18.3 Å². The summed E-state index contributed by atoms with van der Waals surface area (Å²) in [5.74, 6) is -0.993. The summed E-state index contributed by atoms with van der Waals surface area (Å²) in [4.78, 5) is 26.9. The minimum Gasteiger partial charge on any atom is -0.395 e. The van der Waals surface area contributed by atoms with E-state index in [1.54, 1.807) is 42.4 Å². The van der Waals surface area contributed by atoms with Gasteiger partial charge in [0, 0.05) is 38.2 Å². The molecule has 1 heterocycles. The van der Waals surface area contributed by atoms with Crippen LogP contribution in [0.1, 0.15) is 30.6 Å². The Morgan fingerprint density at radius 2 is 1.70 bits per heavy atom. The molecule has 0 aliphatic carbocycles. The summed E-state index contributed by atoms with van der Waals surface area (Å²) >= 11 is 0. The number of hydrogen-bond acceptors (Lipinski definition) is 9. The molecule has 0 radical (unpaired) electrons. The summed E-state index contributed by atoms with van der Waals surface area (Å²) in [7, 11) is 1.57. The van der Waals surface area contributed by atoms with E-state index in [2.05, 4.69) is 5.32 Å². The minimum atomic E-state index is -1.81. The highest BCUT2D eigenvalue weighted by molar-refractivity contribution is 5.94. The second-order valence-electron chi connectivity index (χ2n) is 9.70. The fourth-order valence-electron chi connectivity index (χ4n) is 4.53. The topological polar surface area (TPSA) is 169 Å². The predicted octanol–water partition coefficient (Wildman–Crippen LogP) is 0.716. The van der Waals surface area contributed by atoms with Crippen LogP contribution in [0.2, 0.25) is 0 Å². The Morgan fingerprint density at radius 3 is 2.33 bits per heavy atom. The fourth-order valence-corrected chi connectivity index (χ4v) is 4.53. The van der Waals surface area contributed by atoms with Crippen LogP contribution < -0.4 is 5.32 Å². The van der Waals surface area contributed by atoms with E-state index in [-0.39, 0.29) is 37.5 Å². The number of methoxy groups -OCH3 is 1. The van der Waals surface area contributed by atoms with Gasteiger partial charge >= 0.3 is 0 Å². The van der Waals surface area contributed by atoms with Gasteiger partial charge in [-0.3, -0.25) is 9.59 Å². The molecule has 0 spiro atoms. The van der Waals surface area contributed by atoms with Gasteiger partial charge < -0.3 is 45.2 Å². The van der Waals surface area contributed by atoms with Crippen LogP contribution in [0, 0.1) is 5.92 Å². The Hall–Kier alpha value is -3.16. The second-order valence-corrected chi connectivity index (χ2v) is 9.70. The number of carbonyl (C=O) groups is 2. The zero-order valence-electron chi connectivity index (χ0n) is 22.5. The van der Waals surface area contributed by atoms with Crippen molar-refractivity contribution in [3.63, 3.8) is 0 Å². The average molecular weight is 559 g/mol. The van der Waals surface area contributed by atoms with Gasteiger partial charge in [-0.25, -0.2) is 0 Å². The Kier molecular flexibility index (Phi) is 11.8. The maximum Gasteiger partial charge on any atom is 0.256 e. The number of ether oxygens (including phenoxy) is 2. The maximum atomic E-state index is 12.8. The van der Waals surface area contributed by atoms with Crippen molar-refractivity contribution < 1.29 is 44.6 Å². The van der Waals surface area contributed by atoms with Gasteiger partial charge in [-0.2, -0.15) is 0 Å². The summed E-state index contributed by atoms with van der Waals surface area (Å²) in [6, 6.07) is 16.4. The summed E-state index contributed by atoms with van der Waals surface area (Å²) in [6.07, 6.45) is -5.06. The number of benzene rings is 2. The molecule has 0 bridgehead atoms. The van der Waals surface area contributed by atoms with Crippen molar-refractivity contribution in [2.75, 3.05) is 25.6 Å². The van der Waals surface area contributed by atoms with E-state index in [1.165, 1.54) is 0 Å². The van der Waals surface area contributed by atoms with Crippen molar-refractivity contribution in [2.45, 2.75) is 56.7 Å². The standard InChI is InChI=1S/C29H38N2O9/c1-18(7-6-10-22(33)31(15-16-32)17-19-8-4-3-5-9-19)26(39-2)20-11-13-21(14-12-20)30-28(37)27-24(35)23(34)25(36)29(38)40-27/h3-9,11-14,18,23-27,29,32,34-36,38H,10,15-17H2,1-2H3,(H,30,37)/b7-6+/t18-,23+,24+,25-,26+,27+,29-/m1/s1. The lowest BCUT2D eigenvalue weighted by Gasteiger charge is -2.37. The number of nitrogens with zero attached hydrogens (tertiary/aromatic N) is 1.